The lowest BCUT2D eigenvalue weighted by atomic mass is 10.2. The number of aryl methyl sites for hydroxylation is 1. The summed E-state index contributed by atoms with van der Waals surface area (Å²) in [6.07, 6.45) is 3.51. The molecule has 0 saturated carbocycles. The number of nitrogens with one attached hydrogen (secondary N) is 1. The normalized spacial score (nSPS) is 12.8. The van der Waals surface area contributed by atoms with E-state index < -0.39 is 0 Å². The van der Waals surface area contributed by atoms with Crippen molar-refractivity contribution < 1.29 is 9.47 Å². The van der Waals surface area contributed by atoms with E-state index >= 15 is 0 Å². The Bertz CT molecular complexity index is 1450. The second-order valence-electron chi connectivity index (χ2n) is 7.48. The Morgan fingerprint density at radius 3 is 2.85 bits per heavy atom. The SMILES string of the molecule is Cc1c(-c2ccnc(NCc3ccc4c(c3)OCCO4)n2)cnc2nc(-c3cccs3)nn12. The first kappa shape index (κ1) is 19.6. The average Bonchev–Trinajstić information content (AvgIpc) is 3.53. The molecule has 6 rings (SSSR count). The van der Waals surface area contributed by atoms with Crippen LogP contribution in [0.4, 0.5) is 5.95 Å². The van der Waals surface area contributed by atoms with Gasteiger partial charge in [0.05, 0.1) is 16.3 Å². The van der Waals surface area contributed by atoms with Crippen LogP contribution in [0, 0.1) is 6.92 Å². The van der Waals surface area contributed by atoms with Gasteiger partial charge in [0.2, 0.25) is 5.95 Å². The van der Waals surface area contributed by atoms with Gasteiger partial charge in [-0.2, -0.15) is 4.98 Å². The lowest BCUT2D eigenvalue weighted by molar-refractivity contribution is 0.171. The fourth-order valence-corrected chi connectivity index (χ4v) is 4.33. The van der Waals surface area contributed by atoms with E-state index in [-0.39, 0.29) is 0 Å². The van der Waals surface area contributed by atoms with E-state index in [4.69, 9.17) is 14.5 Å². The summed E-state index contributed by atoms with van der Waals surface area (Å²) < 4.78 is 13.0. The van der Waals surface area contributed by atoms with Crippen LogP contribution in [0.1, 0.15) is 11.3 Å². The van der Waals surface area contributed by atoms with E-state index in [0.29, 0.717) is 37.3 Å². The Morgan fingerprint density at radius 2 is 1.97 bits per heavy atom. The monoisotopic (exact) mass is 457 g/mol. The molecular weight excluding hydrogens is 438 g/mol. The summed E-state index contributed by atoms with van der Waals surface area (Å²) in [7, 11) is 0. The number of rotatable bonds is 5. The third kappa shape index (κ3) is 3.74. The molecule has 1 aliphatic rings. The van der Waals surface area contributed by atoms with Crippen LogP contribution in [0.15, 0.2) is 54.2 Å². The highest BCUT2D eigenvalue weighted by Crippen LogP contribution is 2.31. The lowest BCUT2D eigenvalue weighted by Gasteiger charge is -2.19. The number of aromatic nitrogens is 6. The lowest BCUT2D eigenvalue weighted by Crippen LogP contribution is -2.15. The number of nitrogens with zero attached hydrogens (tertiary/aromatic N) is 6. The molecule has 0 radical (unpaired) electrons. The Hall–Kier alpha value is -4.05. The van der Waals surface area contributed by atoms with Gasteiger partial charge in [0.1, 0.15) is 13.2 Å². The maximum atomic E-state index is 5.66. The third-order valence-corrected chi connectivity index (χ3v) is 6.20. The van der Waals surface area contributed by atoms with Gasteiger partial charge in [-0.25, -0.2) is 19.5 Å². The predicted molar refractivity (Wildman–Crippen MR) is 125 cm³/mol. The minimum absolute atomic E-state index is 0.528. The average molecular weight is 458 g/mol. The van der Waals surface area contributed by atoms with Gasteiger partial charge >= 0.3 is 0 Å². The molecule has 0 bridgehead atoms. The molecule has 5 aromatic rings. The molecule has 33 heavy (non-hydrogen) atoms. The molecule has 5 heterocycles. The summed E-state index contributed by atoms with van der Waals surface area (Å²) in [4.78, 5) is 19.1. The molecule has 0 aliphatic carbocycles. The number of anilines is 1. The highest BCUT2D eigenvalue weighted by Gasteiger charge is 2.15. The molecule has 1 N–H and O–H groups in total. The van der Waals surface area contributed by atoms with Crippen molar-refractivity contribution >= 4 is 23.1 Å². The van der Waals surface area contributed by atoms with Crippen LogP contribution in [0.5, 0.6) is 11.5 Å². The van der Waals surface area contributed by atoms with E-state index in [1.54, 1.807) is 28.2 Å². The molecule has 0 unspecified atom stereocenters. The van der Waals surface area contributed by atoms with Gasteiger partial charge in [0, 0.05) is 24.5 Å². The van der Waals surface area contributed by atoms with Crippen LogP contribution in [-0.4, -0.2) is 42.8 Å². The van der Waals surface area contributed by atoms with E-state index in [1.165, 1.54) is 0 Å². The predicted octanol–water partition coefficient (Wildman–Crippen LogP) is 4.00. The number of fused-ring (bicyclic) bond motifs is 2. The number of benzene rings is 1. The quantitative estimate of drug-likeness (QED) is 0.423. The van der Waals surface area contributed by atoms with Crippen molar-refractivity contribution in [3.05, 3.63) is 65.4 Å². The highest BCUT2D eigenvalue weighted by atomic mass is 32.1. The van der Waals surface area contributed by atoms with Gasteiger partial charge in [0.15, 0.2) is 17.3 Å². The first-order valence-electron chi connectivity index (χ1n) is 10.5. The molecule has 0 saturated heterocycles. The zero-order valence-electron chi connectivity index (χ0n) is 17.7. The van der Waals surface area contributed by atoms with Crippen LogP contribution in [0.2, 0.25) is 0 Å². The van der Waals surface area contributed by atoms with Crippen LogP contribution >= 0.6 is 11.3 Å². The molecular formula is C23H19N7O2S. The Morgan fingerprint density at radius 1 is 1.06 bits per heavy atom. The molecule has 0 spiro atoms. The minimum atomic E-state index is 0.528. The summed E-state index contributed by atoms with van der Waals surface area (Å²) in [5, 5.41) is 9.94. The van der Waals surface area contributed by atoms with Gasteiger partial charge < -0.3 is 14.8 Å². The van der Waals surface area contributed by atoms with E-state index in [2.05, 4.69) is 25.4 Å². The van der Waals surface area contributed by atoms with E-state index in [1.807, 2.05) is 48.7 Å². The molecule has 0 fully saturated rings. The molecule has 0 amide bonds. The summed E-state index contributed by atoms with van der Waals surface area (Å²) in [5.41, 5.74) is 3.59. The van der Waals surface area contributed by atoms with Crippen LogP contribution in [0.25, 0.3) is 27.7 Å². The summed E-state index contributed by atoms with van der Waals surface area (Å²) >= 11 is 1.60. The van der Waals surface area contributed by atoms with Crippen molar-refractivity contribution in [3.8, 4) is 33.5 Å². The smallest absolute Gasteiger partial charge is 0.252 e. The van der Waals surface area contributed by atoms with Crippen LogP contribution in [0.3, 0.4) is 0 Å². The summed E-state index contributed by atoms with van der Waals surface area (Å²) in [6, 6.07) is 11.8. The zero-order chi connectivity index (χ0) is 22.2. The maximum absolute atomic E-state index is 5.66. The van der Waals surface area contributed by atoms with Crippen LogP contribution in [-0.2, 0) is 6.54 Å². The van der Waals surface area contributed by atoms with Crippen molar-refractivity contribution in [2.45, 2.75) is 13.5 Å². The van der Waals surface area contributed by atoms with E-state index in [0.717, 1.165) is 38.9 Å². The molecule has 164 valence electrons. The zero-order valence-corrected chi connectivity index (χ0v) is 18.5. The van der Waals surface area contributed by atoms with Gasteiger partial charge in [-0.05, 0) is 42.1 Å². The van der Waals surface area contributed by atoms with Crippen molar-refractivity contribution in [2.75, 3.05) is 18.5 Å². The van der Waals surface area contributed by atoms with Gasteiger partial charge in [-0.1, -0.05) is 12.1 Å². The summed E-state index contributed by atoms with van der Waals surface area (Å²) in [5.74, 6) is 3.30. The second kappa shape index (κ2) is 8.14. The fraction of sp³-hybridized carbons (Fsp3) is 0.174. The van der Waals surface area contributed by atoms with Crippen molar-refractivity contribution in [1.82, 2.24) is 29.5 Å². The fourth-order valence-electron chi connectivity index (χ4n) is 3.68. The highest BCUT2D eigenvalue weighted by molar-refractivity contribution is 7.13. The molecule has 9 nitrogen and oxygen atoms in total. The number of hydrogen-bond donors (Lipinski definition) is 1. The number of thiophene rings is 1. The van der Waals surface area contributed by atoms with E-state index in [9.17, 15) is 0 Å². The maximum Gasteiger partial charge on any atom is 0.252 e. The molecule has 4 aromatic heterocycles. The third-order valence-electron chi connectivity index (χ3n) is 5.34. The first-order chi connectivity index (χ1) is 16.2. The largest absolute Gasteiger partial charge is 0.486 e. The molecule has 1 aromatic carbocycles. The summed E-state index contributed by atoms with van der Waals surface area (Å²) in [6.45, 7) is 3.69. The second-order valence-corrected chi connectivity index (χ2v) is 8.43. The first-order valence-corrected chi connectivity index (χ1v) is 11.3. The Labute approximate surface area is 193 Å². The van der Waals surface area contributed by atoms with Crippen molar-refractivity contribution in [2.24, 2.45) is 0 Å². The van der Waals surface area contributed by atoms with Crippen molar-refractivity contribution in [1.29, 1.82) is 0 Å². The standard InChI is InChI=1S/C23H19N7O2S/c1-14-16(13-26-23-28-21(29-30(14)23)20-3-2-10-33-20)17-6-7-24-22(27-17)25-12-15-4-5-18-19(11-15)32-9-8-31-18/h2-7,10-11,13H,8-9,12H2,1H3,(H,24,25,27). The van der Waals surface area contributed by atoms with Crippen LogP contribution < -0.4 is 14.8 Å². The Kier molecular flexibility index (Phi) is 4.84. The van der Waals surface area contributed by atoms with Gasteiger partial charge in [-0.15, -0.1) is 16.4 Å². The Balaban J connectivity index is 1.26. The van der Waals surface area contributed by atoms with Crippen molar-refractivity contribution in [3.63, 3.8) is 0 Å². The van der Waals surface area contributed by atoms with Gasteiger partial charge in [0.25, 0.3) is 5.78 Å². The number of hydrogen-bond acceptors (Lipinski definition) is 9. The number of ether oxygens (including phenoxy) is 2. The minimum Gasteiger partial charge on any atom is -0.486 e. The molecule has 10 heteroatoms. The molecule has 1 aliphatic heterocycles. The van der Waals surface area contributed by atoms with Gasteiger partial charge in [-0.3, -0.25) is 0 Å². The molecule has 0 atom stereocenters. The topological polar surface area (TPSA) is 99.4 Å².